The van der Waals surface area contributed by atoms with Crippen LogP contribution < -0.4 is 20.1 Å². The van der Waals surface area contributed by atoms with Gasteiger partial charge in [-0.1, -0.05) is 48.9 Å². The summed E-state index contributed by atoms with van der Waals surface area (Å²) in [5.74, 6) is -1.68. The SMILES string of the molecule is C=CCOc1cc(O[C@@H]2C[C@H]3C(=O)N[C@]4(C(=O)O)C[C@@H]4/C=C\CCCC[C@H](NC(=O)OC4CCCC4)CC(=O)N3C2)c2cccc(Cl)c2n1. The third kappa shape index (κ3) is 7.95. The Hall–Kier alpha value is -4.32. The van der Waals surface area contributed by atoms with Crippen LogP contribution in [0.5, 0.6) is 11.6 Å². The molecule has 0 unspecified atom stereocenters. The Morgan fingerprint density at radius 3 is 2.73 bits per heavy atom. The Bertz CT molecular complexity index is 1630. The van der Waals surface area contributed by atoms with Crippen LogP contribution in [0.3, 0.4) is 0 Å². The zero-order valence-electron chi connectivity index (χ0n) is 27.4. The summed E-state index contributed by atoms with van der Waals surface area (Å²) in [7, 11) is 0. The number of halogens is 1. The molecular weight excluding hydrogens is 652 g/mol. The number of carbonyl (C=O) groups is 4. The molecule has 0 spiro atoms. The highest BCUT2D eigenvalue weighted by Crippen LogP contribution is 2.45. The van der Waals surface area contributed by atoms with E-state index >= 15 is 0 Å². The Labute approximate surface area is 290 Å². The van der Waals surface area contributed by atoms with Crippen LogP contribution in [0.4, 0.5) is 4.79 Å². The number of carboxylic acid groups (broad SMARTS) is 1. The van der Waals surface area contributed by atoms with Gasteiger partial charge in [0.15, 0.2) is 0 Å². The number of hydrogen-bond donors (Lipinski definition) is 3. The summed E-state index contributed by atoms with van der Waals surface area (Å²) in [6.45, 7) is 3.96. The molecule has 12 nitrogen and oxygen atoms in total. The summed E-state index contributed by atoms with van der Waals surface area (Å²) in [6, 6.07) is 5.43. The number of pyridine rings is 1. The Kier molecular flexibility index (Phi) is 10.6. The number of fused-ring (bicyclic) bond motifs is 3. The van der Waals surface area contributed by atoms with Gasteiger partial charge in [-0.25, -0.2) is 14.6 Å². The normalized spacial score (nSPS) is 28.3. The number of nitrogens with one attached hydrogen (secondary N) is 2. The highest BCUT2D eigenvalue weighted by atomic mass is 35.5. The van der Waals surface area contributed by atoms with Gasteiger partial charge in [0, 0.05) is 36.3 Å². The van der Waals surface area contributed by atoms with E-state index < -0.39 is 41.7 Å². The van der Waals surface area contributed by atoms with Gasteiger partial charge in [0.05, 0.1) is 17.1 Å². The lowest BCUT2D eigenvalue weighted by Gasteiger charge is -2.27. The summed E-state index contributed by atoms with van der Waals surface area (Å²) in [5, 5.41) is 16.9. The zero-order chi connectivity index (χ0) is 34.5. The Balaban J connectivity index is 1.26. The maximum atomic E-state index is 14.1. The fraction of sp³-hybridized carbons (Fsp3) is 0.528. The molecule has 2 aromatic rings. The third-order valence-electron chi connectivity index (χ3n) is 9.86. The second-order valence-corrected chi connectivity index (χ2v) is 13.8. The molecule has 5 atom stereocenters. The minimum absolute atomic E-state index is 0.0495. The van der Waals surface area contributed by atoms with E-state index in [0.29, 0.717) is 28.1 Å². The monoisotopic (exact) mass is 694 g/mol. The van der Waals surface area contributed by atoms with Crippen LogP contribution in [-0.4, -0.2) is 81.8 Å². The molecule has 2 saturated carbocycles. The molecule has 262 valence electrons. The number of aliphatic carboxylic acids is 1. The van der Waals surface area contributed by atoms with Crippen LogP contribution in [0.1, 0.15) is 70.6 Å². The lowest BCUT2D eigenvalue weighted by molar-refractivity contribution is -0.145. The number of aromatic nitrogens is 1. The lowest BCUT2D eigenvalue weighted by atomic mass is 10.0. The number of hydrogen-bond acceptors (Lipinski definition) is 8. The molecule has 0 bridgehead atoms. The van der Waals surface area contributed by atoms with Crippen molar-refractivity contribution in [3.05, 3.63) is 54.1 Å². The number of carboxylic acids is 1. The first-order valence-corrected chi connectivity index (χ1v) is 17.5. The summed E-state index contributed by atoms with van der Waals surface area (Å²) in [4.78, 5) is 59.2. The third-order valence-corrected chi connectivity index (χ3v) is 10.2. The highest BCUT2D eigenvalue weighted by molar-refractivity contribution is 6.35. The summed E-state index contributed by atoms with van der Waals surface area (Å²) >= 11 is 6.48. The second-order valence-electron chi connectivity index (χ2n) is 13.4. The molecule has 6 rings (SSSR count). The van der Waals surface area contributed by atoms with Crippen molar-refractivity contribution in [2.75, 3.05) is 13.2 Å². The van der Waals surface area contributed by atoms with E-state index in [1.807, 2.05) is 18.2 Å². The maximum absolute atomic E-state index is 14.1. The van der Waals surface area contributed by atoms with E-state index in [9.17, 15) is 24.3 Å². The van der Waals surface area contributed by atoms with E-state index in [1.165, 1.54) is 4.90 Å². The molecule has 3 N–H and O–H groups in total. The smallest absolute Gasteiger partial charge is 0.407 e. The highest BCUT2D eigenvalue weighted by Gasteiger charge is 2.61. The van der Waals surface area contributed by atoms with E-state index in [4.69, 9.17) is 25.8 Å². The van der Waals surface area contributed by atoms with Gasteiger partial charge in [0.1, 0.15) is 36.1 Å². The van der Waals surface area contributed by atoms with Crippen molar-refractivity contribution in [1.29, 1.82) is 0 Å². The van der Waals surface area contributed by atoms with E-state index in [1.54, 1.807) is 24.3 Å². The maximum Gasteiger partial charge on any atom is 0.407 e. The van der Waals surface area contributed by atoms with Crippen molar-refractivity contribution in [1.82, 2.24) is 20.5 Å². The molecule has 1 aromatic carbocycles. The average molecular weight is 695 g/mol. The van der Waals surface area contributed by atoms with Crippen molar-refractivity contribution in [3.8, 4) is 11.6 Å². The topological polar surface area (TPSA) is 156 Å². The number of nitrogens with zero attached hydrogens (tertiary/aromatic N) is 2. The predicted octanol–water partition coefficient (Wildman–Crippen LogP) is 5.32. The molecule has 4 aliphatic rings. The number of para-hydroxylation sites is 1. The standard InChI is InChI=1S/C36H43ClN4O8/c1-2-16-47-30-19-29(26-14-9-15-27(37)32(26)39-30)48-25-18-28-33(43)40-36(34(44)45)20-22(36)10-5-3-4-6-11-23(17-31(42)41(28)21-25)38-35(46)49-24-12-7-8-13-24/h2,5,9-10,14-15,19,22-25,28H,1,3-4,6-8,11-13,16-18,20-21H2,(H,38,46)(H,40,43)(H,44,45)/b10-5-/t22-,23-,25+,28-,36+/m0/s1. The van der Waals surface area contributed by atoms with Crippen LogP contribution in [0.2, 0.25) is 5.02 Å². The van der Waals surface area contributed by atoms with Crippen LogP contribution >= 0.6 is 11.6 Å². The summed E-state index contributed by atoms with van der Waals surface area (Å²) in [6.07, 6.45) is 10.9. The predicted molar refractivity (Wildman–Crippen MR) is 181 cm³/mol. The van der Waals surface area contributed by atoms with Gasteiger partial charge in [0.25, 0.3) is 0 Å². The summed E-state index contributed by atoms with van der Waals surface area (Å²) < 4.78 is 17.8. The average Bonchev–Trinajstić information content (AvgIpc) is 3.35. The lowest BCUT2D eigenvalue weighted by Crippen LogP contribution is -2.53. The molecular formula is C36H43ClN4O8. The van der Waals surface area contributed by atoms with Gasteiger partial charge in [-0.2, -0.15) is 0 Å². The number of carbonyl (C=O) groups excluding carboxylic acids is 3. The van der Waals surface area contributed by atoms with E-state index in [-0.39, 0.29) is 56.2 Å². The van der Waals surface area contributed by atoms with Gasteiger partial charge in [0.2, 0.25) is 17.7 Å². The number of rotatable bonds is 8. The first kappa shape index (κ1) is 34.5. The molecule has 3 fully saturated rings. The fourth-order valence-electron chi connectivity index (χ4n) is 7.15. The summed E-state index contributed by atoms with van der Waals surface area (Å²) in [5.41, 5.74) is -0.956. The second kappa shape index (κ2) is 15.1. The van der Waals surface area contributed by atoms with E-state index in [0.717, 1.165) is 44.9 Å². The number of amides is 3. The van der Waals surface area contributed by atoms with Crippen LogP contribution in [-0.2, 0) is 19.1 Å². The van der Waals surface area contributed by atoms with Gasteiger partial charge in [-0.05, 0) is 63.5 Å². The number of benzene rings is 1. The van der Waals surface area contributed by atoms with Crippen molar-refractivity contribution in [2.45, 2.75) is 100 Å². The molecule has 3 amide bonds. The quantitative estimate of drug-likeness (QED) is 0.311. The Morgan fingerprint density at radius 2 is 1.96 bits per heavy atom. The number of allylic oxidation sites excluding steroid dienone is 1. The Morgan fingerprint density at radius 1 is 1.16 bits per heavy atom. The van der Waals surface area contributed by atoms with Crippen LogP contribution in [0.15, 0.2) is 49.1 Å². The largest absolute Gasteiger partial charge is 0.488 e. The molecule has 3 heterocycles. The van der Waals surface area contributed by atoms with Crippen molar-refractivity contribution >= 4 is 46.4 Å². The van der Waals surface area contributed by atoms with Gasteiger partial charge in [-0.3, -0.25) is 9.59 Å². The number of alkyl carbamates (subject to hydrolysis) is 1. The van der Waals surface area contributed by atoms with Crippen molar-refractivity contribution < 1.29 is 38.5 Å². The molecule has 49 heavy (non-hydrogen) atoms. The zero-order valence-corrected chi connectivity index (χ0v) is 28.2. The van der Waals surface area contributed by atoms with Crippen molar-refractivity contribution in [2.24, 2.45) is 5.92 Å². The molecule has 1 saturated heterocycles. The van der Waals surface area contributed by atoms with E-state index in [2.05, 4.69) is 22.2 Å². The fourth-order valence-corrected chi connectivity index (χ4v) is 7.37. The van der Waals surface area contributed by atoms with Gasteiger partial charge < -0.3 is 34.9 Å². The van der Waals surface area contributed by atoms with Gasteiger partial charge >= 0.3 is 12.1 Å². The molecule has 0 radical (unpaired) electrons. The first-order chi connectivity index (χ1) is 23.7. The molecule has 2 aliphatic carbocycles. The minimum Gasteiger partial charge on any atom is -0.488 e. The van der Waals surface area contributed by atoms with Crippen LogP contribution in [0.25, 0.3) is 10.9 Å². The molecule has 2 aliphatic heterocycles. The number of ether oxygens (including phenoxy) is 3. The molecule has 1 aromatic heterocycles. The molecule has 13 heteroatoms. The van der Waals surface area contributed by atoms with Crippen LogP contribution in [0, 0.1) is 5.92 Å². The van der Waals surface area contributed by atoms with Gasteiger partial charge in [-0.15, -0.1) is 0 Å². The van der Waals surface area contributed by atoms with Crippen molar-refractivity contribution in [3.63, 3.8) is 0 Å². The minimum atomic E-state index is -1.43. The first-order valence-electron chi connectivity index (χ1n) is 17.1.